The van der Waals surface area contributed by atoms with Crippen LogP contribution in [0.2, 0.25) is 0 Å². The second-order valence-electron chi connectivity index (χ2n) is 6.22. The van der Waals surface area contributed by atoms with Gasteiger partial charge in [-0.2, -0.15) is 5.10 Å². The van der Waals surface area contributed by atoms with Crippen LogP contribution in [0.15, 0.2) is 39.4 Å². The largest absolute Gasteiger partial charge is 0.466 e. The fourth-order valence-electron chi connectivity index (χ4n) is 3.07. The first-order valence-electron chi connectivity index (χ1n) is 8.88. The van der Waals surface area contributed by atoms with Crippen molar-refractivity contribution in [2.45, 2.75) is 26.2 Å². The molecule has 3 rings (SSSR count). The Morgan fingerprint density at radius 3 is 3.07 bits per heavy atom. The van der Waals surface area contributed by atoms with Gasteiger partial charge in [-0.15, -0.1) is 5.10 Å². The molecular weight excluding hydrogens is 364 g/mol. The Labute approximate surface area is 162 Å². The Morgan fingerprint density at radius 1 is 1.44 bits per heavy atom. The Bertz CT molecular complexity index is 832. The fraction of sp³-hybridized carbons (Fsp3) is 0.368. The number of carbonyl (C=O) groups is 2. The van der Waals surface area contributed by atoms with Crippen molar-refractivity contribution in [2.75, 3.05) is 25.1 Å². The molecule has 0 bridgehead atoms. The van der Waals surface area contributed by atoms with Crippen molar-refractivity contribution in [3.8, 4) is 0 Å². The maximum absolute atomic E-state index is 11.8. The van der Waals surface area contributed by atoms with Crippen LogP contribution in [-0.4, -0.2) is 43.5 Å². The predicted molar refractivity (Wildman–Crippen MR) is 108 cm³/mol. The number of benzene rings is 1. The number of esters is 1. The van der Waals surface area contributed by atoms with Crippen molar-refractivity contribution in [3.63, 3.8) is 0 Å². The molecule has 27 heavy (non-hydrogen) atoms. The number of ether oxygens (including phenoxy) is 1. The minimum absolute atomic E-state index is 0.237. The molecule has 0 spiro atoms. The molecular formula is C19H22N4O3S. The molecule has 1 N–H and O–H groups in total. The Hall–Kier alpha value is -2.61. The monoisotopic (exact) mass is 386 g/mol. The second kappa shape index (κ2) is 8.85. The van der Waals surface area contributed by atoms with Crippen LogP contribution >= 0.6 is 11.8 Å². The fourth-order valence-corrected chi connectivity index (χ4v) is 3.81. The van der Waals surface area contributed by atoms with E-state index in [0.29, 0.717) is 5.17 Å². The van der Waals surface area contributed by atoms with E-state index >= 15 is 0 Å². The van der Waals surface area contributed by atoms with Gasteiger partial charge in [0.1, 0.15) is 0 Å². The molecule has 0 saturated carbocycles. The van der Waals surface area contributed by atoms with Gasteiger partial charge in [0.2, 0.25) is 0 Å². The summed E-state index contributed by atoms with van der Waals surface area (Å²) in [5, 5.41) is 11.0. The SMILES string of the molecule is CCCN1CCCc2cc(C=N/N=C3/NC(=O)/C(=C\C(=O)OC)S3)ccc21. The number of carbonyl (C=O) groups excluding carboxylic acids is 2. The molecule has 0 unspecified atom stereocenters. The third-order valence-corrected chi connectivity index (χ3v) is 5.17. The number of nitrogens with one attached hydrogen (secondary N) is 1. The topological polar surface area (TPSA) is 83.4 Å². The lowest BCUT2D eigenvalue weighted by Gasteiger charge is -2.31. The van der Waals surface area contributed by atoms with E-state index in [1.807, 2.05) is 6.07 Å². The molecule has 2 aliphatic rings. The molecule has 0 radical (unpaired) electrons. The van der Waals surface area contributed by atoms with Crippen LogP contribution in [0.3, 0.4) is 0 Å². The number of amidine groups is 1. The summed E-state index contributed by atoms with van der Waals surface area (Å²) < 4.78 is 4.52. The average Bonchev–Trinajstić information content (AvgIpc) is 3.01. The molecule has 142 valence electrons. The third kappa shape index (κ3) is 4.77. The molecule has 0 atom stereocenters. The summed E-state index contributed by atoms with van der Waals surface area (Å²) in [7, 11) is 1.26. The minimum atomic E-state index is -0.580. The van der Waals surface area contributed by atoms with E-state index < -0.39 is 5.97 Å². The highest BCUT2D eigenvalue weighted by Crippen LogP contribution is 2.28. The van der Waals surface area contributed by atoms with Crippen LogP contribution in [-0.2, 0) is 20.7 Å². The number of rotatable bonds is 5. The molecule has 2 heterocycles. The highest BCUT2D eigenvalue weighted by Gasteiger charge is 2.25. The van der Waals surface area contributed by atoms with Gasteiger partial charge in [-0.25, -0.2) is 4.79 Å². The molecule has 0 aromatic heterocycles. The van der Waals surface area contributed by atoms with Crippen molar-refractivity contribution >= 4 is 40.7 Å². The van der Waals surface area contributed by atoms with Gasteiger partial charge in [-0.1, -0.05) is 13.0 Å². The average molecular weight is 386 g/mol. The summed E-state index contributed by atoms with van der Waals surface area (Å²) in [5.41, 5.74) is 3.61. The number of hydrogen-bond donors (Lipinski definition) is 1. The van der Waals surface area contributed by atoms with E-state index in [1.54, 1.807) is 6.21 Å². The first-order chi connectivity index (χ1) is 13.1. The molecule has 0 aliphatic carbocycles. The van der Waals surface area contributed by atoms with Gasteiger partial charge >= 0.3 is 5.97 Å². The van der Waals surface area contributed by atoms with Crippen LogP contribution in [0, 0.1) is 0 Å². The van der Waals surface area contributed by atoms with Gasteiger partial charge in [-0.3, -0.25) is 10.1 Å². The standard InChI is InChI=1S/C19H22N4O3S/c1-3-8-23-9-4-5-14-10-13(6-7-15(14)23)12-20-22-19-21-18(25)16(27-19)11-17(24)26-2/h6-7,10-12H,3-5,8-9H2,1-2H3,(H,21,22,25)/b16-11+,20-12?. The predicted octanol–water partition coefficient (Wildman–Crippen LogP) is 2.46. The second-order valence-corrected chi connectivity index (χ2v) is 7.25. The number of methoxy groups -OCH3 is 1. The summed E-state index contributed by atoms with van der Waals surface area (Å²) in [5.74, 6) is -0.965. The molecule has 2 aliphatic heterocycles. The first kappa shape index (κ1) is 19.2. The smallest absolute Gasteiger partial charge is 0.331 e. The number of amides is 1. The van der Waals surface area contributed by atoms with E-state index in [-0.39, 0.29) is 10.8 Å². The molecule has 8 heteroatoms. The van der Waals surface area contributed by atoms with Crippen LogP contribution in [0.5, 0.6) is 0 Å². The van der Waals surface area contributed by atoms with E-state index in [0.717, 1.165) is 55.8 Å². The van der Waals surface area contributed by atoms with Gasteiger partial charge < -0.3 is 9.64 Å². The van der Waals surface area contributed by atoms with Gasteiger partial charge in [0.25, 0.3) is 5.91 Å². The molecule has 1 aromatic rings. The van der Waals surface area contributed by atoms with Gasteiger partial charge in [0.05, 0.1) is 18.2 Å². The summed E-state index contributed by atoms with van der Waals surface area (Å²) in [4.78, 5) is 25.7. The van der Waals surface area contributed by atoms with Crippen molar-refractivity contribution < 1.29 is 14.3 Å². The van der Waals surface area contributed by atoms with Gasteiger partial charge in [0.15, 0.2) is 5.17 Å². The minimum Gasteiger partial charge on any atom is -0.466 e. The third-order valence-electron chi connectivity index (χ3n) is 4.27. The van der Waals surface area contributed by atoms with Gasteiger partial charge in [0, 0.05) is 24.9 Å². The van der Waals surface area contributed by atoms with Crippen molar-refractivity contribution in [1.29, 1.82) is 0 Å². The maximum Gasteiger partial charge on any atom is 0.331 e. The Balaban J connectivity index is 1.68. The highest BCUT2D eigenvalue weighted by molar-refractivity contribution is 8.18. The van der Waals surface area contributed by atoms with Gasteiger partial charge in [-0.05, 0) is 54.3 Å². The summed E-state index contributed by atoms with van der Waals surface area (Å²) in [6, 6.07) is 6.31. The molecule has 1 fully saturated rings. The number of hydrogen-bond acceptors (Lipinski definition) is 7. The Kier molecular flexibility index (Phi) is 6.28. The quantitative estimate of drug-likeness (QED) is 0.364. The van der Waals surface area contributed by atoms with E-state index in [1.165, 1.54) is 18.4 Å². The van der Waals surface area contributed by atoms with E-state index in [2.05, 4.69) is 44.2 Å². The lowest BCUT2D eigenvalue weighted by Crippen LogP contribution is -2.30. The number of fused-ring (bicyclic) bond motifs is 1. The number of aryl methyl sites for hydroxylation is 1. The molecule has 7 nitrogen and oxygen atoms in total. The zero-order valence-corrected chi connectivity index (χ0v) is 16.2. The van der Waals surface area contributed by atoms with Crippen molar-refractivity contribution in [1.82, 2.24) is 5.32 Å². The molecule has 1 saturated heterocycles. The first-order valence-corrected chi connectivity index (χ1v) is 9.70. The van der Waals surface area contributed by atoms with Crippen LogP contribution < -0.4 is 10.2 Å². The van der Waals surface area contributed by atoms with E-state index in [4.69, 9.17) is 0 Å². The summed E-state index contributed by atoms with van der Waals surface area (Å²) >= 11 is 1.06. The zero-order chi connectivity index (χ0) is 19.2. The van der Waals surface area contributed by atoms with Crippen molar-refractivity contribution in [2.24, 2.45) is 10.2 Å². The number of anilines is 1. The Morgan fingerprint density at radius 2 is 2.30 bits per heavy atom. The molecule has 1 aromatic carbocycles. The normalized spacial score (nSPS) is 19.6. The van der Waals surface area contributed by atoms with Crippen LogP contribution in [0.4, 0.5) is 5.69 Å². The van der Waals surface area contributed by atoms with E-state index in [9.17, 15) is 9.59 Å². The van der Waals surface area contributed by atoms with Crippen LogP contribution in [0.1, 0.15) is 30.9 Å². The van der Waals surface area contributed by atoms with Crippen LogP contribution in [0.25, 0.3) is 0 Å². The zero-order valence-electron chi connectivity index (χ0n) is 15.4. The number of nitrogens with zero attached hydrogens (tertiary/aromatic N) is 3. The van der Waals surface area contributed by atoms with Crippen molar-refractivity contribution in [3.05, 3.63) is 40.3 Å². The summed E-state index contributed by atoms with van der Waals surface area (Å²) in [6.45, 7) is 4.38. The lowest BCUT2D eigenvalue weighted by molar-refractivity contribution is -0.135. The highest BCUT2D eigenvalue weighted by atomic mass is 32.2. The lowest BCUT2D eigenvalue weighted by atomic mass is 9.99. The number of thioether (sulfide) groups is 1. The molecule has 1 amide bonds. The maximum atomic E-state index is 11.8. The summed E-state index contributed by atoms with van der Waals surface area (Å²) in [6.07, 6.45) is 6.17.